The molecule has 1 aromatic heterocycles. The molecule has 152 valence electrons. The fourth-order valence-corrected chi connectivity index (χ4v) is 3.46. The molecule has 0 saturated heterocycles. The molecule has 0 radical (unpaired) electrons. The second-order valence-corrected chi connectivity index (χ2v) is 8.30. The molecule has 2 rings (SSSR count). The Morgan fingerprint density at radius 2 is 1.76 bits per heavy atom. The number of amides is 1. The zero-order valence-electron chi connectivity index (χ0n) is 17.9. The van der Waals surface area contributed by atoms with E-state index in [0.29, 0.717) is 24.2 Å². The molecule has 1 unspecified atom stereocenters. The summed E-state index contributed by atoms with van der Waals surface area (Å²) < 4.78 is 0. The van der Waals surface area contributed by atoms with Crippen molar-refractivity contribution < 1.29 is 9.59 Å². The molecule has 2 aromatic rings. The number of ketones is 1. The summed E-state index contributed by atoms with van der Waals surface area (Å²) in [6.45, 7) is 9.09. The van der Waals surface area contributed by atoms with Crippen LogP contribution in [0.2, 0.25) is 0 Å². The minimum atomic E-state index is -0.840. The first-order valence-electron chi connectivity index (χ1n) is 9.91. The van der Waals surface area contributed by atoms with Gasteiger partial charge in [0.1, 0.15) is 5.78 Å². The van der Waals surface area contributed by atoms with Crippen LogP contribution in [0.25, 0.3) is 11.1 Å². The van der Waals surface area contributed by atoms with Crippen LogP contribution in [0.1, 0.15) is 59.6 Å². The van der Waals surface area contributed by atoms with Gasteiger partial charge in [0, 0.05) is 34.8 Å². The standard InChI is InChI=1S/C24H29N3O2/c1-6-24(17(2)28,14-10-15-25)21-19(12-9-16-26-21)18-11-7-8-13-20(18)27-22(29)23(3,4)5/h7-9,11-13,16H,6,10,14H2,1-5H3,(H,27,29). The molecule has 5 heteroatoms. The van der Waals surface area contributed by atoms with Gasteiger partial charge in [-0.2, -0.15) is 5.26 Å². The zero-order valence-corrected chi connectivity index (χ0v) is 17.9. The molecular formula is C24H29N3O2. The molecule has 0 spiro atoms. The molecule has 1 atom stereocenters. The molecular weight excluding hydrogens is 362 g/mol. The first kappa shape index (κ1) is 22.3. The molecule has 1 amide bonds. The molecule has 0 saturated carbocycles. The number of nitriles is 1. The summed E-state index contributed by atoms with van der Waals surface area (Å²) in [4.78, 5) is 29.9. The van der Waals surface area contributed by atoms with E-state index in [-0.39, 0.29) is 18.1 Å². The molecule has 1 aromatic carbocycles. The van der Waals surface area contributed by atoms with Crippen molar-refractivity contribution in [3.8, 4) is 17.2 Å². The molecule has 1 heterocycles. The lowest BCUT2D eigenvalue weighted by Crippen LogP contribution is -2.35. The Balaban J connectivity index is 2.66. The number of para-hydroxylation sites is 1. The number of benzene rings is 1. The number of nitrogens with zero attached hydrogens (tertiary/aromatic N) is 2. The smallest absolute Gasteiger partial charge is 0.229 e. The maximum atomic E-state index is 12.8. The third-order valence-electron chi connectivity index (χ3n) is 5.35. The predicted molar refractivity (Wildman–Crippen MR) is 115 cm³/mol. The van der Waals surface area contributed by atoms with E-state index in [1.165, 1.54) is 0 Å². The van der Waals surface area contributed by atoms with Gasteiger partial charge in [-0.15, -0.1) is 0 Å². The first-order chi connectivity index (χ1) is 13.7. The van der Waals surface area contributed by atoms with Gasteiger partial charge in [0.2, 0.25) is 5.91 Å². The molecule has 29 heavy (non-hydrogen) atoms. The van der Waals surface area contributed by atoms with E-state index in [9.17, 15) is 9.59 Å². The summed E-state index contributed by atoms with van der Waals surface area (Å²) in [5.74, 6) is -0.0976. The van der Waals surface area contributed by atoms with Crippen molar-refractivity contribution >= 4 is 17.4 Å². The van der Waals surface area contributed by atoms with Gasteiger partial charge in [-0.05, 0) is 31.9 Å². The topological polar surface area (TPSA) is 82.8 Å². The number of anilines is 1. The van der Waals surface area contributed by atoms with Crippen LogP contribution in [-0.2, 0) is 15.0 Å². The van der Waals surface area contributed by atoms with Gasteiger partial charge < -0.3 is 5.32 Å². The summed E-state index contributed by atoms with van der Waals surface area (Å²) in [7, 11) is 0. The van der Waals surface area contributed by atoms with Gasteiger partial charge in [-0.25, -0.2) is 0 Å². The predicted octanol–water partition coefficient (Wildman–Crippen LogP) is 5.27. The fraction of sp³-hybridized carbons (Fsp3) is 0.417. The fourth-order valence-electron chi connectivity index (χ4n) is 3.46. The lowest BCUT2D eigenvalue weighted by atomic mass is 9.72. The van der Waals surface area contributed by atoms with Crippen LogP contribution in [0, 0.1) is 16.7 Å². The summed E-state index contributed by atoms with van der Waals surface area (Å²) in [6, 6.07) is 13.4. The van der Waals surface area contributed by atoms with E-state index in [1.807, 2.05) is 64.1 Å². The van der Waals surface area contributed by atoms with E-state index in [2.05, 4.69) is 16.4 Å². The van der Waals surface area contributed by atoms with Gasteiger partial charge in [-0.3, -0.25) is 14.6 Å². The number of nitrogens with one attached hydrogen (secondary N) is 1. The lowest BCUT2D eigenvalue weighted by Gasteiger charge is -2.31. The average molecular weight is 392 g/mol. The maximum absolute atomic E-state index is 12.8. The molecule has 0 bridgehead atoms. The Labute approximate surface area is 173 Å². The number of carbonyl (C=O) groups excluding carboxylic acids is 2. The summed E-state index contributed by atoms with van der Waals surface area (Å²) in [6.07, 6.45) is 2.90. The minimum absolute atomic E-state index is 0.00796. The van der Waals surface area contributed by atoms with Crippen LogP contribution >= 0.6 is 0 Å². The molecule has 0 aliphatic heterocycles. The quantitative estimate of drug-likeness (QED) is 0.696. The van der Waals surface area contributed by atoms with Gasteiger partial charge in [0.25, 0.3) is 0 Å². The van der Waals surface area contributed by atoms with Crippen molar-refractivity contribution in [2.45, 2.75) is 59.3 Å². The Morgan fingerprint density at radius 3 is 2.34 bits per heavy atom. The molecule has 0 aliphatic carbocycles. The number of Topliss-reactive ketones (excluding diaryl/α,β-unsaturated/α-hetero) is 1. The SMILES string of the molecule is CCC(CCC#N)(C(C)=O)c1ncccc1-c1ccccc1NC(=O)C(C)(C)C. The first-order valence-corrected chi connectivity index (χ1v) is 9.91. The van der Waals surface area contributed by atoms with Crippen LogP contribution < -0.4 is 5.32 Å². The Hall–Kier alpha value is -3.00. The highest BCUT2D eigenvalue weighted by molar-refractivity contribution is 5.99. The third-order valence-corrected chi connectivity index (χ3v) is 5.35. The summed E-state index contributed by atoms with van der Waals surface area (Å²) >= 11 is 0. The van der Waals surface area contributed by atoms with E-state index in [4.69, 9.17) is 5.26 Å². The van der Waals surface area contributed by atoms with Crippen LogP contribution in [0.15, 0.2) is 42.6 Å². The Bertz CT molecular complexity index is 938. The summed E-state index contributed by atoms with van der Waals surface area (Å²) in [5, 5.41) is 12.1. The molecule has 0 fully saturated rings. The number of hydrogen-bond donors (Lipinski definition) is 1. The maximum Gasteiger partial charge on any atom is 0.229 e. The van der Waals surface area contributed by atoms with E-state index >= 15 is 0 Å². The van der Waals surface area contributed by atoms with Crippen LogP contribution in [0.3, 0.4) is 0 Å². The number of carbonyl (C=O) groups is 2. The van der Waals surface area contributed by atoms with E-state index in [0.717, 1.165) is 11.1 Å². The van der Waals surface area contributed by atoms with Crippen molar-refractivity contribution in [2.75, 3.05) is 5.32 Å². The number of rotatable bonds is 7. The van der Waals surface area contributed by atoms with Crippen molar-refractivity contribution in [3.05, 3.63) is 48.3 Å². The highest BCUT2D eigenvalue weighted by Crippen LogP contribution is 2.40. The highest BCUT2D eigenvalue weighted by Gasteiger charge is 2.39. The van der Waals surface area contributed by atoms with Crippen LogP contribution in [-0.4, -0.2) is 16.7 Å². The lowest BCUT2D eigenvalue weighted by molar-refractivity contribution is -0.123. The number of aromatic nitrogens is 1. The second-order valence-electron chi connectivity index (χ2n) is 8.30. The molecule has 1 N–H and O–H groups in total. The number of pyridine rings is 1. The normalized spacial score (nSPS) is 13.2. The van der Waals surface area contributed by atoms with E-state index < -0.39 is 10.8 Å². The molecule has 5 nitrogen and oxygen atoms in total. The zero-order chi connectivity index (χ0) is 21.7. The van der Waals surface area contributed by atoms with Crippen LogP contribution in [0.4, 0.5) is 5.69 Å². The average Bonchev–Trinajstić information content (AvgIpc) is 2.69. The van der Waals surface area contributed by atoms with Crippen molar-refractivity contribution in [3.63, 3.8) is 0 Å². The molecule has 0 aliphatic rings. The monoisotopic (exact) mass is 391 g/mol. The minimum Gasteiger partial charge on any atom is -0.325 e. The van der Waals surface area contributed by atoms with Crippen molar-refractivity contribution in [2.24, 2.45) is 5.41 Å². The largest absolute Gasteiger partial charge is 0.325 e. The second kappa shape index (κ2) is 9.00. The van der Waals surface area contributed by atoms with Gasteiger partial charge in [-0.1, -0.05) is 52.0 Å². The van der Waals surface area contributed by atoms with Crippen molar-refractivity contribution in [1.29, 1.82) is 5.26 Å². The number of hydrogen-bond acceptors (Lipinski definition) is 4. The van der Waals surface area contributed by atoms with Crippen LogP contribution in [0.5, 0.6) is 0 Å². The van der Waals surface area contributed by atoms with Gasteiger partial charge in [0.05, 0.1) is 17.2 Å². The van der Waals surface area contributed by atoms with Gasteiger partial charge >= 0.3 is 0 Å². The van der Waals surface area contributed by atoms with Gasteiger partial charge in [0.15, 0.2) is 0 Å². The van der Waals surface area contributed by atoms with E-state index in [1.54, 1.807) is 13.1 Å². The van der Waals surface area contributed by atoms with Crippen molar-refractivity contribution in [1.82, 2.24) is 4.98 Å². The highest BCUT2D eigenvalue weighted by atomic mass is 16.2. The third kappa shape index (κ3) is 4.71. The Morgan fingerprint density at radius 1 is 1.10 bits per heavy atom. The summed E-state index contributed by atoms with van der Waals surface area (Å²) in [5.41, 5.74) is 1.56. The Kier molecular flexibility index (Phi) is 6.92.